The number of aliphatic hydroxyl groups is 2. The van der Waals surface area contributed by atoms with Crippen molar-refractivity contribution in [1.29, 1.82) is 0 Å². The van der Waals surface area contributed by atoms with Gasteiger partial charge >= 0.3 is 18.1 Å². The van der Waals surface area contributed by atoms with Crippen molar-refractivity contribution in [2.24, 2.45) is 17.6 Å². The normalized spacial score (nSPS) is 25.5. The van der Waals surface area contributed by atoms with Crippen LogP contribution in [0.4, 0.5) is 21.0 Å². The van der Waals surface area contributed by atoms with Crippen LogP contribution in [0.1, 0.15) is 109 Å². The Morgan fingerprint density at radius 2 is 1.68 bits per heavy atom. The number of anilines is 2. The van der Waals surface area contributed by atoms with E-state index >= 15 is 0 Å². The molecule has 4 bridgehead atoms. The predicted octanol–water partition coefficient (Wildman–Crippen LogP) is 4.13. The number of allylic oxidation sites excluding steroid dienone is 3. The van der Waals surface area contributed by atoms with Gasteiger partial charge < -0.3 is 80.3 Å². The van der Waals surface area contributed by atoms with Gasteiger partial charge in [0.1, 0.15) is 64.8 Å². The van der Waals surface area contributed by atoms with Crippen molar-refractivity contribution in [3.8, 4) is 11.5 Å². The lowest BCUT2D eigenvalue weighted by molar-refractivity contribution is -0.158. The monoisotopic (exact) mass is 1250 g/mol. The van der Waals surface area contributed by atoms with E-state index in [0.29, 0.717) is 43.7 Å². The van der Waals surface area contributed by atoms with Gasteiger partial charge in [0, 0.05) is 64.7 Å². The number of nitrogens with one attached hydrogen (secondary N) is 5. The van der Waals surface area contributed by atoms with Crippen molar-refractivity contribution >= 4 is 76.5 Å². The zero-order valence-electron chi connectivity index (χ0n) is 51.6. The summed E-state index contributed by atoms with van der Waals surface area (Å²) in [5.41, 5.74) is 3.98. The van der Waals surface area contributed by atoms with Crippen LogP contribution in [0.3, 0.4) is 0 Å². The van der Waals surface area contributed by atoms with Gasteiger partial charge in [0.15, 0.2) is 5.72 Å². The third-order valence-corrected chi connectivity index (χ3v) is 16.7. The van der Waals surface area contributed by atoms with Crippen molar-refractivity contribution in [3.63, 3.8) is 0 Å². The quantitative estimate of drug-likeness (QED) is 0.0440. The molecule has 27 heteroatoms. The van der Waals surface area contributed by atoms with E-state index in [9.17, 15) is 53.4 Å². The number of rotatable bonds is 23. The molecule has 0 radical (unpaired) electrons. The molecule has 88 heavy (non-hydrogen) atoms. The average Bonchev–Trinajstić information content (AvgIpc) is 1.68. The summed E-state index contributed by atoms with van der Waals surface area (Å²) >= 11 is 6.86. The number of aliphatic hydroxyl groups excluding tert-OH is 1. The number of likely N-dealkylation sites (N-methyl/N-ethyl adjacent to an activating group) is 1. The molecule has 482 valence electrons. The molecule has 9 N–H and O–H groups in total. The number of fused-ring (bicyclic) bond motifs is 5. The van der Waals surface area contributed by atoms with Gasteiger partial charge in [-0.15, -0.1) is 0 Å². The minimum atomic E-state index is -1.92. The smallest absolute Gasteiger partial charge is 0.409 e. The van der Waals surface area contributed by atoms with Gasteiger partial charge in [-0.3, -0.25) is 34.1 Å². The van der Waals surface area contributed by atoms with Crippen molar-refractivity contribution in [1.82, 2.24) is 31.1 Å². The van der Waals surface area contributed by atoms with Crippen molar-refractivity contribution in [2.45, 2.75) is 159 Å². The maximum atomic E-state index is 14.5. The van der Waals surface area contributed by atoms with Crippen LogP contribution in [0.5, 0.6) is 11.5 Å². The zero-order valence-corrected chi connectivity index (χ0v) is 52.4. The minimum absolute atomic E-state index is 0.00909. The number of primary amides is 1. The molecule has 6 rings (SSSR count). The number of amides is 9. The Kier molecular flexibility index (Phi) is 24.0. The van der Waals surface area contributed by atoms with E-state index in [4.69, 9.17) is 45.8 Å². The highest BCUT2D eigenvalue weighted by Crippen LogP contribution is 2.49. The second kappa shape index (κ2) is 30.4. The topological polar surface area (TPSA) is 349 Å². The molecule has 0 aliphatic carbocycles. The summed E-state index contributed by atoms with van der Waals surface area (Å²) in [7, 11) is 7.04. The fourth-order valence-electron chi connectivity index (χ4n) is 10.8. The number of hydrogen-bond donors (Lipinski definition) is 8. The van der Waals surface area contributed by atoms with E-state index in [1.54, 1.807) is 52.0 Å². The Balaban J connectivity index is 1.18. The van der Waals surface area contributed by atoms with Gasteiger partial charge in [-0.25, -0.2) is 14.4 Å². The minimum Gasteiger partial charge on any atom is -0.495 e. The molecule has 9 amide bonds. The van der Waals surface area contributed by atoms with E-state index in [-0.39, 0.29) is 60.2 Å². The number of esters is 1. The summed E-state index contributed by atoms with van der Waals surface area (Å²) in [5, 5.41) is 35.2. The molecule has 0 aromatic heterocycles. The van der Waals surface area contributed by atoms with Crippen LogP contribution >= 0.6 is 11.6 Å². The molecule has 4 heterocycles. The molecule has 11 atom stereocenters. The first-order valence-electron chi connectivity index (χ1n) is 29.2. The van der Waals surface area contributed by atoms with Crippen LogP contribution < -0.4 is 46.7 Å². The number of benzene rings is 2. The number of epoxide rings is 1. The summed E-state index contributed by atoms with van der Waals surface area (Å²) in [6.07, 6.45) is 3.49. The Bertz CT molecular complexity index is 3030. The second-order valence-corrected chi connectivity index (χ2v) is 23.5. The highest BCUT2D eigenvalue weighted by molar-refractivity contribution is 6.35. The number of carbonyl (C=O) groups excluding carboxylic acids is 9. The van der Waals surface area contributed by atoms with Crippen LogP contribution in [0, 0.1) is 11.8 Å². The maximum absolute atomic E-state index is 14.5. The largest absolute Gasteiger partial charge is 0.495 e. The summed E-state index contributed by atoms with van der Waals surface area (Å²) < 4.78 is 35.2. The zero-order chi connectivity index (χ0) is 64.9. The molecule has 2 fully saturated rings. The summed E-state index contributed by atoms with van der Waals surface area (Å²) in [4.78, 5) is 125. The van der Waals surface area contributed by atoms with Crippen LogP contribution in [-0.2, 0) is 54.1 Å². The Labute approximate surface area is 517 Å². The third kappa shape index (κ3) is 17.3. The highest BCUT2D eigenvalue weighted by Gasteiger charge is 2.64. The Morgan fingerprint density at radius 3 is 2.33 bits per heavy atom. The lowest BCUT2D eigenvalue weighted by Crippen LogP contribution is -2.63. The van der Waals surface area contributed by atoms with Gasteiger partial charge in [0.05, 0.1) is 38.1 Å². The fourth-order valence-corrected chi connectivity index (χ4v) is 11.2. The lowest BCUT2D eigenvalue weighted by atomic mass is 9.83. The number of urea groups is 1. The van der Waals surface area contributed by atoms with E-state index < -0.39 is 126 Å². The molecule has 0 spiro atoms. The SMILES string of the molecule is COc1cc(C(=O)N(C)[C@@H](C)C(=O)O[C@H]2CC(=O)N(C)c3cc(cc(OC)c3Cl)C/C(C)=C/C=C/[C@@H](OC)[C@@]3(O)C[C@H](OC(=O)N3)[C@@H](C)[C@@H]3O[C@@]23C)ccc1NC(=O)[C@H](CCCNC(N)=O)NC(=O)[C@@H](NC(=O)CCCCCN1C(=O)C=CC1O)C(C)C. The molecule has 2 aromatic rings. The molecule has 26 nitrogen and oxygen atoms in total. The Morgan fingerprint density at radius 1 is 0.966 bits per heavy atom. The van der Waals surface area contributed by atoms with Crippen molar-refractivity contribution in [2.75, 3.05) is 58.7 Å². The third-order valence-electron chi connectivity index (χ3n) is 16.3. The number of carbonyl (C=O) groups is 9. The van der Waals surface area contributed by atoms with E-state index in [0.717, 1.165) is 16.0 Å². The first kappa shape index (κ1) is 69.3. The number of hydrogen-bond acceptors (Lipinski definition) is 17. The number of halogens is 1. The van der Waals surface area contributed by atoms with Crippen LogP contribution in [0.2, 0.25) is 5.02 Å². The first-order valence-corrected chi connectivity index (χ1v) is 29.6. The number of nitrogens with zero attached hydrogens (tertiary/aromatic N) is 3. The lowest BCUT2D eigenvalue weighted by Gasteiger charge is -2.42. The summed E-state index contributed by atoms with van der Waals surface area (Å²) in [6.45, 7) is 10.5. The maximum Gasteiger partial charge on any atom is 0.409 e. The molecule has 4 aliphatic rings. The van der Waals surface area contributed by atoms with Crippen LogP contribution in [0.25, 0.3) is 0 Å². The number of alkyl carbamates (subject to hydrolysis) is 1. The number of ether oxygens (including phenoxy) is 6. The molecule has 2 saturated heterocycles. The molecule has 4 aliphatic heterocycles. The van der Waals surface area contributed by atoms with Crippen molar-refractivity contribution in [3.05, 3.63) is 82.4 Å². The molecule has 2 aromatic carbocycles. The summed E-state index contributed by atoms with van der Waals surface area (Å²) in [6, 6.07) is 3.25. The van der Waals surface area contributed by atoms with E-state index in [1.807, 2.05) is 13.0 Å². The Hall–Kier alpha value is -7.78. The van der Waals surface area contributed by atoms with Gasteiger partial charge in [-0.1, -0.05) is 62.6 Å². The van der Waals surface area contributed by atoms with E-state index in [1.165, 1.54) is 82.5 Å². The number of nitrogens with two attached hydrogens (primary N) is 1. The van der Waals surface area contributed by atoms with Crippen molar-refractivity contribution < 1.29 is 81.8 Å². The highest BCUT2D eigenvalue weighted by atomic mass is 35.5. The molecular formula is C61H84ClN9O17. The second-order valence-electron chi connectivity index (χ2n) is 23.1. The van der Waals surface area contributed by atoms with Crippen LogP contribution in [-0.4, -0.2) is 182 Å². The fraction of sp³-hybridized carbons (Fsp3) is 0.557. The summed E-state index contributed by atoms with van der Waals surface area (Å²) in [5.74, 6) is -4.94. The van der Waals surface area contributed by atoms with Gasteiger partial charge in [-0.05, 0) is 101 Å². The van der Waals surface area contributed by atoms with Crippen LogP contribution in [0.15, 0.2) is 66.3 Å². The standard InChI is InChI=1S/C61H84ClN9O17/c1-33(2)52(67-47(72)20-13-12-14-26-71-48(73)23-24-49(71)74)55(77)66-40(18-16-25-64-58(63)80)54(76)65-39-22-21-38(30-42(39)83-9)56(78)69(7)36(5)57(79)87-46-31-50(75)70(8)41-28-37(29-43(84-10)51(41)62)27-34(3)17-15-19-45(85-11)61(82)32-44(86-59(81)68-61)35(4)53-60(46,6)88-53/h15,17,19,21-24,28-30,33,35-36,40,44-46,48,52-53,73,82H,12-14,16,18,20,25-27,31-32H2,1-11H3,(H,65,76)(H,66,77)(H,67,72)(H,68,81)(H3,63,64,80)/b19-15+,34-17+/t35-,36+,40+,44+,45-,46+,48?,52+,53+,60+,61+/m1/s1. The molecule has 0 saturated carbocycles. The predicted molar refractivity (Wildman–Crippen MR) is 323 cm³/mol. The molecule has 1 unspecified atom stereocenters. The average molecular weight is 1250 g/mol. The molecular weight excluding hydrogens is 1170 g/mol. The first-order chi connectivity index (χ1) is 41.5. The van der Waals surface area contributed by atoms with Gasteiger partial charge in [0.25, 0.3) is 5.91 Å². The van der Waals surface area contributed by atoms with Gasteiger partial charge in [0.2, 0.25) is 29.5 Å². The number of unbranched alkanes of at least 4 members (excludes halogenated alkanes) is 2. The number of methoxy groups -OCH3 is 3. The van der Waals surface area contributed by atoms with E-state index in [2.05, 4.69) is 26.6 Å². The van der Waals surface area contributed by atoms with Gasteiger partial charge in [-0.2, -0.15) is 0 Å².